The zero-order valence-corrected chi connectivity index (χ0v) is 16.3. The molecule has 0 bridgehead atoms. The van der Waals surface area contributed by atoms with Gasteiger partial charge in [-0.25, -0.2) is 9.50 Å². The van der Waals surface area contributed by atoms with Crippen molar-refractivity contribution in [1.29, 1.82) is 0 Å². The molecule has 7 heteroatoms. The molecule has 1 saturated heterocycles. The van der Waals surface area contributed by atoms with Gasteiger partial charge in [0.25, 0.3) is 5.78 Å². The van der Waals surface area contributed by atoms with Gasteiger partial charge in [0.15, 0.2) is 5.82 Å². The molecule has 0 unspecified atom stereocenters. The third-order valence-electron chi connectivity index (χ3n) is 5.16. The maximum atomic E-state index is 12.4. The molecule has 1 fully saturated rings. The lowest BCUT2D eigenvalue weighted by Crippen LogP contribution is -2.29. The van der Waals surface area contributed by atoms with Gasteiger partial charge in [0.05, 0.1) is 6.42 Å². The van der Waals surface area contributed by atoms with Crippen LogP contribution in [0.3, 0.4) is 0 Å². The minimum Gasteiger partial charge on any atom is -0.342 e. The monoisotopic (exact) mass is 383 g/mol. The number of hydrogen-bond donors (Lipinski definition) is 0. The van der Waals surface area contributed by atoms with Gasteiger partial charge >= 0.3 is 0 Å². The third kappa shape index (κ3) is 3.67. The van der Waals surface area contributed by atoms with E-state index in [1.165, 1.54) is 0 Å². The Hall–Kier alpha value is -2.47. The maximum absolute atomic E-state index is 12.4. The minimum atomic E-state index is 0.0965. The van der Waals surface area contributed by atoms with Gasteiger partial charge in [0.2, 0.25) is 5.91 Å². The third-order valence-corrected chi connectivity index (χ3v) is 5.41. The van der Waals surface area contributed by atoms with Crippen LogP contribution in [0.2, 0.25) is 5.02 Å². The number of amides is 1. The molecular weight excluding hydrogens is 362 g/mol. The summed E-state index contributed by atoms with van der Waals surface area (Å²) in [6, 6.07) is 7.83. The first-order valence-corrected chi connectivity index (χ1v) is 9.63. The van der Waals surface area contributed by atoms with Crippen molar-refractivity contribution in [2.75, 3.05) is 13.1 Å². The topological polar surface area (TPSA) is 63.4 Å². The SMILES string of the molecule is Cc1nc2nc(CC(=O)N3CCCC3)nn2c(C)c1Cc1ccc(Cl)cc1. The fourth-order valence-corrected chi connectivity index (χ4v) is 3.73. The Balaban J connectivity index is 1.62. The lowest BCUT2D eigenvalue weighted by Gasteiger charge is -2.13. The Labute approximate surface area is 163 Å². The molecule has 1 aromatic carbocycles. The molecule has 3 aromatic rings. The van der Waals surface area contributed by atoms with E-state index < -0.39 is 0 Å². The number of likely N-dealkylation sites (tertiary alicyclic amines) is 1. The van der Waals surface area contributed by atoms with Crippen LogP contribution in [0.15, 0.2) is 24.3 Å². The van der Waals surface area contributed by atoms with Crippen molar-refractivity contribution in [3.05, 3.63) is 57.6 Å². The summed E-state index contributed by atoms with van der Waals surface area (Å²) in [7, 11) is 0. The molecule has 1 amide bonds. The number of hydrogen-bond acceptors (Lipinski definition) is 4. The lowest BCUT2D eigenvalue weighted by atomic mass is 10.0. The summed E-state index contributed by atoms with van der Waals surface area (Å²) in [5.41, 5.74) is 4.21. The molecule has 0 N–H and O–H groups in total. The molecule has 1 aliphatic heterocycles. The molecule has 0 radical (unpaired) electrons. The van der Waals surface area contributed by atoms with E-state index in [2.05, 4.69) is 15.1 Å². The van der Waals surface area contributed by atoms with E-state index >= 15 is 0 Å². The van der Waals surface area contributed by atoms with E-state index in [1.807, 2.05) is 43.0 Å². The molecule has 0 spiro atoms. The molecule has 0 atom stereocenters. The molecular formula is C20H22ClN5O. The molecule has 0 saturated carbocycles. The number of rotatable bonds is 4. The van der Waals surface area contributed by atoms with Crippen molar-refractivity contribution in [1.82, 2.24) is 24.5 Å². The van der Waals surface area contributed by atoms with Crippen LogP contribution in [0, 0.1) is 13.8 Å². The molecule has 1 aliphatic rings. The zero-order valence-electron chi connectivity index (χ0n) is 15.6. The highest BCUT2D eigenvalue weighted by Gasteiger charge is 2.21. The van der Waals surface area contributed by atoms with Gasteiger partial charge in [-0.15, -0.1) is 5.10 Å². The Morgan fingerprint density at radius 1 is 1.11 bits per heavy atom. The Kier molecular flexibility index (Phi) is 4.83. The van der Waals surface area contributed by atoms with Crippen LogP contribution < -0.4 is 0 Å². The molecule has 0 aliphatic carbocycles. The number of nitrogens with zero attached hydrogens (tertiary/aromatic N) is 5. The lowest BCUT2D eigenvalue weighted by molar-refractivity contribution is -0.129. The minimum absolute atomic E-state index is 0.0965. The molecule has 140 valence electrons. The van der Waals surface area contributed by atoms with E-state index in [0.717, 1.165) is 59.9 Å². The van der Waals surface area contributed by atoms with Crippen molar-refractivity contribution >= 4 is 23.3 Å². The average molecular weight is 384 g/mol. The van der Waals surface area contributed by atoms with Gasteiger partial charge in [0.1, 0.15) is 0 Å². The van der Waals surface area contributed by atoms with Gasteiger partial charge in [-0.3, -0.25) is 4.79 Å². The van der Waals surface area contributed by atoms with Gasteiger partial charge in [0, 0.05) is 35.9 Å². The van der Waals surface area contributed by atoms with Crippen LogP contribution in [-0.4, -0.2) is 43.5 Å². The van der Waals surface area contributed by atoms with Crippen LogP contribution in [-0.2, 0) is 17.6 Å². The number of fused-ring (bicyclic) bond motifs is 1. The molecule has 6 nitrogen and oxygen atoms in total. The highest BCUT2D eigenvalue weighted by atomic mass is 35.5. The zero-order chi connectivity index (χ0) is 19.0. The normalized spacial score (nSPS) is 14.3. The summed E-state index contributed by atoms with van der Waals surface area (Å²) in [6.07, 6.45) is 3.14. The van der Waals surface area contributed by atoms with Gasteiger partial charge in [-0.1, -0.05) is 23.7 Å². The predicted octanol–water partition coefficient (Wildman–Crippen LogP) is 3.15. The van der Waals surface area contributed by atoms with Crippen LogP contribution in [0.4, 0.5) is 0 Å². The highest BCUT2D eigenvalue weighted by molar-refractivity contribution is 6.30. The predicted molar refractivity (Wildman–Crippen MR) is 104 cm³/mol. The van der Waals surface area contributed by atoms with Gasteiger partial charge < -0.3 is 4.90 Å². The van der Waals surface area contributed by atoms with Crippen molar-refractivity contribution in [3.63, 3.8) is 0 Å². The summed E-state index contributed by atoms with van der Waals surface area (Å²) in [5.74, 6) is 1.18. The first-order valence-electron chi connectivity index (χ1n) is 9.25. The smallest absolute Gasteiger partial charge is 0.252 e. The quantitative estimate of drug-likeness (QED) is 0.694. The number of halogens is 1. The van der Waals surface area contributed by atoms with Gasteiger partial charge in [-0.05, 0) is 49.9 Å². The maximum Gasteiger partial charge on any atom is 0.252 e. The number of benzene rings is 1. The molecule has 4 rings (SSSR count). The first kappa shape index (κ1) is 17.9. The summed E-state index contributed by atoms with van der Waals surface area (Å²) in [4.78, 5) is 23.4. The number of carbonyl (C=O) groups excluding carboxylic acids is 1. The van der Waals surface area contributed by atoms with Crippen molar-refractivity contribution < 1.29 is 4.79 Å². The second-order valence-electron chi connectivity index (χ2n) is 7.07. The number of aryl methyl sites for hydroxylation is 2. The van der Waals surface area contributed by atoms with E-state index in [4.69, 9.17) is 11.6 Å². The van der Waals surface area contributed by atoms with Crippen molar-refractivity contribution in [2.24, 2.45) is 0 Å². The Bertz CT molecular complexity index is 990. The van der Waals surface area contributed by atoms with Crippen molar-refractivity contribution in [2.45, 2.75) is 39.5 Å². The average Bonchev–Trinajstić information content (AvgIpc) is 3.30. The van der Waals surface area contributed by atoms with E-state index in [-0.39, 0.29) is 12.3 Å². The van der Waals surface area contributed by atoms with Crippen LogP contribution >= 0.6 is 11.6 Å². The highest BCUT2D eigenvalue weighted by Crippen LogP contribution is 2.20. The van der Waals surface area contributed by atoms with Crippen molar-refractivity contribution in [3.8, 4) is 0 Å². The summed E-state index contributed by atoms with van der Waals surface area (Å²) in [6.45, 7) is 5.69. The number of carbonyl (C=O) groups is 1. The van der Waals surface area contributed by atoms with E-state index in [1.54, 1.807) is 4.52 Å². The fraction of sp³-hybridized carbons (Fsp3) is 0.400. The molecule has 3 heterocycles. The van der Waals surface area contributed by atoms with Crippen LogP contribution in [0.25, 0.3) is 5.78 Å². The Morgan fingerprint density at radius 3 is 2.52 bits per heavy atom. The Morgan fingerprint density at radius 2 is 1.81 bits per heavy atom. The second-order valence-corrected chi connectivity index (χ2v) is 7.51. The molecule has 27 heavy (non-hydrogen) atoms. The standard InChI is InChI=1S/C20H22ClN5O/c1-13-17(11-15-5-7-16(21)8-6-15)14(2)26-20(22-13)23-18(24-26)12-19(27)25-9-3-4-10-25/h5-8H,3-4,9-12H2,1-2H3. The largest absolute Gasteiger partial charge is 0.342 e. The molecule has 2 aromatic heterocycles. The number of aromatic nitrogens is 4. The van der Waals surface area contributed by atoms with Crippen LogP contribution in [0.5, 0.6) is 0 Å². The van der Waals surface area contributed by atoms with E-state index in [9.17, 15) is 4.79 Å². The van der Waals surface area contributed by atoms with Crippen LogP contribution in [0.1, 0.15) is 41.2 Å². The summed E-state index contributed by atoms with van der Waals surface area (Å²) < 4.78 is 1.75. The van der Waals surface area contributed by atoms with E-state index in [0.29, 0.717) is 11.6 Å². The summed E-state index contributed by atoms with van der Waals surface area (Å²) in [5, 5.41) is 5.28. The fourth-order valence-electron chi connectivity index (χ4n) is 3.60. The first-order chi connectivity index (χ1) is 13.0. The van der Waals surface area contributed by atoms with Gasteiger partial charge in [-0.2, -0.15) is 4.98 Å². The summed E-state index contributed by atoms with van der Waals surface area (Å²) >= 11 is 5.98. The second kappa shape index (κ2) is 7.27.